The Labute approximate surface area is 149 Å². The van der Waals surface area contributed by atoms with E-state index in [1.165, 1.54) is 18.5 Å². The van der Waals surface area contributed by atoms with Gasteiger partial charge in [0.1, 0.15) is 36.4 Å². The van der Waals surface area contributed by atoms with Gasteiger partial charge in [0, 0.05) is 5.56 Å². The number of nitrogens with zero attached hydrogens (tertiary/aromatic N) is 5. The van der Waals surface area contributed by atoms with E-state index < -0.39 is 4.65 Å². The van der Waals surface area contributed by atoms with Crippen molar-refractivity contribution in [2.24, 2.45) is 0 Å². The number of aromatic nitrogens is 4. The van der Waals surface area contributed by atoms with Crippen LogP contribution in [0.5, 0.6) is 0 Å². The van der Waals surface area contributed by atoms with Gasteiger partial charge in [0.2, 0.25) is 0 Å². The van der Waals surface area contributed by atoms with Crippen molar-refractivity contribution in [1.29, 1.82) is 0 Å². The number of hydroxylamine groups is 3. The average Bonchev–Trinajstić information content (AvgIpc) is 3.03. The van der Waals surface area contributed by atoms with E-state index in [-0.39, 0.29) is 11.6 Å². The zero-order valence-electron chi connectivity index (χ0n) is 14.1. The summed E-state index contributed by atoms with van der Waals surface area (Å²) in [6.45, 7) is 2.59. The highest BCUT2D eigenvalue weighted by Gasteiger charge is 2.23. The molecular weight excluding hydrogens is 335 g/mol. The standard InChI is InChI=1S/C18H17FN6O/c1-2-25(26)8-4-7-14(10-25)24-17(12-5-3-6-13(19)9-12)23-15-16(20)21-11-22-18(15)24/h3-7,9-11H,2,8H2,1H3,(H2,20,21,22). The molecular formula is C18H17FN6O. The first-order valence-electron chi connectivity index (χ1n) is 8.23. The molecule has 1 aliphatic heterocycles. The average molecular weight is 352 g/mol. The molecule has 3 aromatic rings. The number of imidazole rings is 1. The Morgan fingerprint density at radius 1 is 1.35 bits per heavy atom. The van der Waals surface area contributed by atoms with Gasteiger partial charge in [-0.05, 0) is 31.2 Å². The van der Waals surface area contributed by atoms with Crippen molar-refractivity contribution in [2.45, 2.75) is 6.92 Å². The summed E-state index contributed by atoms with van der Waals surface area (Å²) in [5, 5.41) is 12.8. The quantitative estimate of drug-likeness (QED) is 0.578. The lowest BCUT2D eigenvalue weighted by Crippen LogP contribution is -2.38. The van der Waals surface area contributed by atoms with Crippen LogP contribution in [0.3, 0.4) is 0 Å². The number of anilines is 1. The molecule has 0 aliphatic carbocycles. The Balaban J connectivity index is 2.03. The fourth-order valence-corrected chi connectivity index (χ4v) is 3.02. The second-order valence-corrected chi connectivity index (χ2v) is 6.12. The minimum Gasteiger partial charge on any atom is -0.627 e. The molecule has 3 heterocycles. The fourth-order valence-electron chi connectivity index (χ4n) is 3.02. The van der Waals surface area contributed by atoms with E-state index in [2.05, 4.69) is 15.0 Å². The first kappa shape index (κ1) is 16.4. The number of hydrogen-bond acceptors (Lipinski definition) is 5. The Bertz CT molecular complexity index is 1060. The number of allylic oxidation sites excluding steroid dienone is 2. The lowest BCUT2D eigenvalue weighted by molar-refractivity contribution is -0.820. The van der Waals surface area contributed by atoms with E-state index >= 15 is 0 Å². The molecule has 0 fully saturated rings. The number of nitrogen functional groups attached to an aromatic ring is 1. The van der Waals surface area contributed by atoms with Crippen LogP contribution >= 0.6 is 0 Å². The Morgan fingerprint density at radius 3 is 2.96 bits per heavy atom. The lowest BCUT2D eigenvalue weighted by atomic mass is 10.2. The molecule has 1 aromatic carbocycles. The van der Waals surface area contributed by atoms with Crippen LogP contribution in [0.4, 0.5) is 10.2 Å². The molecule has 0 spiro atoms. The third-order valence-corrected chi connectivity index (χ3v) is 4.42. The molecule has 8 heteroatoms. The van der Waals surface area contributed by atoms with Crippen molar-refractivity contribution in [2.75, 3.05) is 18.8 Å². The van der Waals surface area contributed by atoms with Crippen molar-refractivity contribution in [3.05, 3.63) is 60.0 Å². The van der Waals surface area contributed by atoms with Crippen molar-refractivity contribution in [3.8, 4) is 11.4 Å². The molecule has 4 rings (SSSR count). The normalized spacial score (nSPS) is 19.7. The highest BCUT2D eigenvalue weighted by molar-refractivity contribution is 5.89. The van der Waals surface area contributed by atoms with Gasteiger partial charge in [-0.3, -0.25) is 4.57 Å². The SMILES string of the molecule is CC[N+]1([O-])C=C(n2c(-c3cccc(F)c3)nc3c(N)ncnc32)C=CC1. The highest BCUT2D eigenvalue weighted by atomic mass is 19.1. The number of benzene rings is 1. The summed E-state index contributed by atoms with van der Waals surface area (Å²) >= 11 is 0. The van der Waals surface area contributed by atoms with E-state index in [1.54, 1.807) is 22.9 Å². The molecule has 1 aliphatic rings. The summed E-state index contributed by atoms with van der Waals surface area (Å²) in [4.78, 5) is 12.8. The number of likely N-dealkylation sites (N-methyl/N-ethyl adjacent to an activating group) is 1. The van der Waals surface area contributed by atoms with Crippen molar-refractivity contribution >= 4 is 22.7 Å². The van der Waals surface area contributed by atoms with Gasteiger partial charge in [0.05, 0.1) is 6.54 Å². The summed E-state index contributed by atoms with van der Waals surface area (Å²) < 4.78 is 15.0. The minimum absolute atomic E-state index is 0.227. The molecule has 1 unspecified atom stereocenters. The lowest BCUT2D eigenvalue weighted by Gasteiger charge is -2.39. The van der Waals surface area contributed by atoms with Crippen LogP contribution in [-0.2, 0) is 0 Å². The first-order valence-corrected chi connectivity index (χ1v) is 8.23. The van der Waals surface area contributed by atoms with Crippen molar-refractivity contribution in [3.63, 3.8) is 0 Å². The van der Waals surface area contributed by atoms with E-state index in [4.69, 9.17) is 5.73 Å². The highest BCUT2D eigenvalue weighted by Crippen LogP contribution is 2.31. The fraction of sp³-hybridized carbons (Fsp3) is 0.167. The molecule has 2 aromatic heterocycles. The molecule has 2 N–H and O–H groups in total. The molecule has 0 amide bonds. The van der Waals surface area contributed by atoms with E-state index in [9.17, 15) is 9.60 Å². The van der Waals surface area contributed by atoms with Gasteiger partial charge in [-0.2, -0.15) is 0 Å². The van der Waals surface area contributed by atoms with E-state index in [0.717, 1.165) is 0 Å². The Hall–Kier alpha value is -3.10. The van der Waals surface area contributed by atoms with Gasteiger partial charge < -0.3 is 15.6 Å². The monoisotopic (exact) mass is 352 g/mol. The topological polar surface area (TPSA) is 92.7 Å². The zero-order chi connectivity index (χ0) is 18.3. The summed E-state index contributed by atoms with van der Waals surface area (Å²) in [5.41, 5.74) is 8.01. The zero-order valence-corrected chi connectivity index (χ0v) is 14.1. The number of fused-ring (bicyclic) bond motifs is 1. The number of rotatable bonds is 3. The predicted octanol–water partition coefficient (Wildman–Crippen LogP) is 2.92. The molecule has 26 heavy (non-hydrogen) atoms. The van der Waals surface area contributed by atoms with Crippen LogP contribution in [-0.4, -0.2) is 37.3 Å². The molecule has 0 radical (unpaired) electrons. The second kappa shape index (κ2) is 6.01. The van der Waals surface area contributed by atoms with Crippen LogP contribution in [0.1, 0.15) is 6.92 Å². The summed E-state index contributed by atoms with van der Waals surface area (Å²) in [7, 11) is 0. The Morgan fingerprint density at radius 2 is 2.19 bits per heavy atom. The summed E-state index contributed by atoms with van der Waals surface area (Å²) in [6, 6.07) is 6.10. The van der Waals surface area contributed by atoms with E-state index in [0.29, 0.717) is 41.3 Å². The molecule has 7 nitrogen and oxygen atoms in total. The largest absolute Gasteiger partial charge is 0.627 e. The van der Waals surface area contributed by atoms with Gasteiger partial charge in [0.15, 0.2) is 17.0 Å². The van der Waals surface area contributed by atoms with E-state index in [1.807, 2.05) is 19.1 Å². The van der Waals surface area contributed by atoms with Crippen LogP contribution in [0.15, 0.2) is 48.9 Å². The maximum Gasteiger partial charge on any atom is 0.170 e. The van der Waals surface area contributed by atoms with Gasteiger partial charge in [-0.25, -0.2) is 19.3 Å². The second-order valence-electron chi connectivity index (χ2n) is 6.12. The Kier molecular flexibility index (Phi) is 3.78. The smallest absolute Gasteiger partial charge is 0.170 e. The van der Waals surface area contributed by atoms with Gasteiger partial charge >= 0.3 is 0 Å². The van der Waals surface area contributed by atoms with Crippen molar-refractivity contribution in [1.82, 2.24) is 19.5 Å². The molecule has 132 valence electrons. The van der Waals surface area contributed by atoms with Crippen LogP contribution in [0.2, 0.25) is 0 Å². The molecule has 1 atom stereocenters. The van der Waals surface area contributed by atoms with Gasteiger partial charge in [0.25, 0.3) is 0 Å². The maximum absolute atomic E-state index is 13.8. The number of hydrogen-bond donors (Lipinski definition) is 1. The third kappa shape index (κ3) is 2.65. The third-order valence-electron chi connectivity index (χ3n) is 4.42. The number of nitrogens with two attached hydrogens (primary N) is 1. The summed E-state index contributed by atoms with van der Waals surface area (Å²) in [5.74, 6) is 0.299. The maximum atomic E-state index is 13.8. The van der Waals surface area contributed by atoms with Crippen LogP contribution in [0.25, 0.3) is 28.2 Å². The predicted molar refractivity (Wildman–Crippen MR) is 97.6 cm³/mol. The van der Waals surface area contributed by atoms with Gasteiger partial charge in [-0.1, -0.05) is 12.1 Å². The van der Waals surface area contributed by atoms with Crippen LogP contribution < -0.4 is 5.73 Å². The molecule has 0 saturated heterocycles. The molecule has 0 bridgehead atoms. The first-order chi connectivity index (χ1) is 12.5. The summed E-state index contributed by atoms with van der Waals surface area (Å²) in [6.07, 6.45) is 6.61. The van der Waals surface area contributed by atoms with Crippen molar-refractivity contribution < 1.29 is 9.04 Å². The van der Waals surface area contributed by atoms with Crippen LogP contribution in [0, 0.1) is 11.0 Å². The van der Waals surface area contributed by atoms with Gasteiger partial charge in [-0.15, -0.1) is 0 Å². The minimum atomic E-state index is -0.491. The number of quaternary nitrogens is 1. The molecule has 0 saturated carbocycles. The number of halogens is 1.